The molecule has 0 unspecified atom stereocenters. The number of aryl methyl sites for hydroxylation is 1. The molecule has 3 rings (SSSR count). The number of amides is 1. The molecule has 1 heterocycles. The molecule has 6 heteroatoms. The number of hydrogen-bond donors (Lipinski definition) is 2. The Morgan fingerprint density at radius 1 is 1.08 bits per heavy atom. The number of nitrogens with one attached hydrogen (secondary N) is 2. The van der Waals surface area contributed by atoms with Gasteiger partial charge in [-0.1, -0.05) is 30.3 Å². The average Bonchev–Trinajstić information content (AvgIpc) is 3.07. The highest BCUT2D eigenvalue weighted by molar-refractivity contribution is 7.80. The molecule has 1 aromatic heterocycles. The van der Waals surface area contributed by atoms with Crippen molar-refractivity contribution in [3.63, 3.8) is 0 Å². The molecule has 0 saturated carbocycles. The van der Waals surface area contributed by atoms with E-state index >= 15 is 0 Å². The summed E-state index contributed by atoms with van der Waals surface area (Å²) in [6.07, 6.45) is 0. The molecule has 1 amide bonds. The molecule has 0 saturated heterocycles. The summed E-state index contributed by atoms with van der Waals surface area (Å²) in [5.41, 5.74) is 1.68. The number of para-hydroxylation sites is 1. The second-order valence-corrected chi connectivity index (χ2v) is 6.00. The Morgan fingerprint density at radius 3 is 2.62 bits per heavy atom. The minimum absolute atomic E-state index is 0.114. The number of furan rings is 1. The van der Waals surface area contributed by atoms with Gasteiger partial charge in [-0.2, -0.15) is 0 Å². The van der Waals surface area contributed by atoms with Crippen molar-refractivity contribution in [3.8, 4) is 17.1 Å². The van der Waals surface area contributed by atoms with Gasteiger partial charge < -0.3 is 14.5 Å². The van der Waals surface area contributed by atoms with E-state index in [1.807, 2.05) is 61.5 Å². The molecule has 0 aliphatic heterocycles. The normalized spacial score (nSPS) is 10.2. The Morgan fingerprint density at radius 2 is 1.88 bits per heavy atom. The monoisotopic (exact) mass is 366 g/mol. The molecule has 0 aliphatic carbocycles. The molecular formula is C20H18N2O3S. The van der Waals surface area contributed by atoms with E-state index in [1.165, 1.54) is 0 Å². The first-order valence-electron chi connectivity index (χ1n) is 8.06. The third-order valence-electron chi connectivity index (χ3n) is 3.51. The first-order valence-corrected chi connectivity index (χ1v) is 8.46. The van der Waals surface area contributed by atoms with E-state index in [0.717, 1.165) is 22.8 Å². The number of carbonyl (C=O) groups excluding carboxylic acids is 1. The molecule has 0 aliphatic rings. The van der Waals surface area contributed by atoms with Crippen LogP contribution in [0, 0.1) is 6.92 Å². The summed E-state index contributed by atoms with van der Waals surface area (Å²) in [4.78, 5) is 11.9. The van der Waals surface area contributed by atoms with Crippen LogP contribution in [0.4, 0.5) is 5.69 Å². The SMILES string of the molecule is Cc1ccc(-c2cccc(NC(=S)NC(=O)COc3ccccc3)c2)o1. The van der Waals surface area contributed by atoms with Gasteiger partial charge in [-0.25, -0.2) is 0 Å². The second-order valence-electron chi connectivity index (χ2n) is 5.60. The van der Waals surface area contributed by atoms with Crippen LogP contribution in [0.3, 0.4) is 0 Å². The van der Waals surface area contributed by atoms with E-state index in [4.69, 9.17) is 21.4 Å². The highest BCUT2D eigenvalue weighted by atomic mass is 32.1. The fourth-order valence-electron chi connectivity index (χ4n) is 2.33. The molecule has 2 N–H and O–H groups in total. The highest BCUT2D eigenvalue weighted by Gasteiger charge is 2.08. The van der Waals surface area contributed by atoms with Crippen molar-refractivity contribution in [2.45, 2.75) is 6.92 Å². The zero-order valence-corrected chi connectivity index (χ0v) is 15.0. The Balaban J connectivity index is 1.54. The zero-order chi connectivity index (χ0) is 18.4. The number of carbonyl (C=O) groups is 1. The third-order valence-corrected chi connectivity index (χ3v) is 3.72. The molecule has 0 bridgehead atoms. The molecule has 3 aromatic rings. The van der Waals surface area contributed by atoms with E-state index < -0.39 is 0 Å². The van der Waals surface area contributed by atoms with Gasteiger partial charge in [0.2, 0.25) is 0 Å². The van der Waals surface area contributed by atoms with Crippen molar-refractivity contribution in [2.24, 2.45) is 0 Å². The first kappa shape index (κ1) is 17.7. The summed E-state index contributed by atoms with van der Waals surface area (Å²) in [5.74, 6) is 1.92. The van der Waals surface area contributed by atoms with Crippen molar-refractivity contribution in [1.29, 1.82) is 0 Å². The van der Waals surface area contributed by atoms with Crippen molar-refractivity contribution < 1.29 is 13.9 Å². The predicted molar refractivity (Wildman–Crippen MR) is 105 cm³/mol. The van der Waals surface area contributed by atoms with E-state index in [2.05, 4.69) is 10.6 Å². The van der Waals surface area contributed by atoms with Crippen LogP contribution in [0.2, 0.25) is 0 Å². The number of anilines is 1. The zero-order valence-electron chi connectivity index (χ0n) is 14.2. The Labute approximate surface area is 157 Å². The predicted octanol–water partition coefficient (Wildman–Crippen LogP) is 4.15. The largest absolute Gasteiger partial charge is 0.484 e. The second kappa shape index (κ2) is 8.31. The van der Waals surface area contributed by atoms with E-state index in [9.17, 15) is 4.79 Å². The van der Waals surface area contributed by atoms with Crippen molar-refractivity contribution in [1.82, 2.24) is 5.32 Å². The minimum atomic E-state index is -0.329. The maximum atomic E-state index is 11.9. The maximum absolute atomic E-state index is 11.9. The molecule has 0 spiro atoms. The molecule has 0 fully saturated rings. The van der Waals surface area contributed by atoms with Gasteiger partial charge >= 0.3 is 0 Å². The van der Waals surface area contributed by atoms with Crippen LogP contribution in [0.25, 0.3) is 11.3 Å². The van der Waals surface area contributed by atoms with E-state index in [-0.39, 0.29) is 17.6 Å². The minimum Gasteiger partial charge on any atom is -0.484 e. The Kier molecular flexibility index (Phi) is 5.66. The van der Waals surface area contributed by atoms with Crippen LogP contribution in [-0.4, -0.2) is 17.6 Å². The lowest BCUT2D eigenvalue weighted by molar-refractivity contribution is -0.121. The molecule has 0 atom stereocenters. The summed E-state index contributed by atoms with van der Waals surface area (Å²) in [6, 6.07) is 20.5. The third kappa shape index (κ3) is 4.94. The molecular weight excluding hydrogens is 348 g/mol. The highest BCUT2D eigenvalue weighted by Crippen LogP contribution is 2.24. The van der Waals surface area contributed by atoms with Gasteiger partial charge in [0, 0.05) is 11.3 Å². The van der Waals surface area contributed by atoms with Gasteiger partial charge in [0.1, 0.15) is 17.3 Å². The van der Waals surface area contributed by atoms with Crippen LogP contribution in [0.5, 0.6) is 5.75 Å². The summed E-state index contributed by atoms with van der Waals surface area (Å²) < 4.78 is 11.0. The van der Waals surface area contributed by atoms with Crippen molar-refractivity contribution in [2.75, 3.05) is 11.9 Å². The number of rotatable bonds is 5. The van der Waals surface area contributed by atoms with Gasteiger partial charge in [-0.05, 0) is 55.5 Å². The topological polar surface area (TPSA) is 63.5 Å². The smallest absolute Gasteiger partial charge is 0.264 e. The molecule has 2 aromatic carbocycles. The van der Waals surface area contributed by atoms with Gasteiger partial charge in [0.25, 0.3) is 5.91 Å². The Bertz CT molecular complexity index is 906. The fourth-order valence-corrected chi connectivity index (χ4v) is 2.56. The molecule has 5 nitrogen and oxygen atoms in total. The molecule has 0 radical (unpaired) electrons. The standard InChI is InChI=1S/C20H18N2O3S/c1-14-10-11-18(25-14)15-6-5-7-16(12-15)21-20(26)22-19(23)13-24-17-8-3-2-4-9-17/h2-12H,13H2,1H3,(H2,21,22,23,26). The van der Waals surface area contributed by atoms with Crippen molar-refractivity contribution in [3.05, 3.63) is 72.5 Å². The maximum Gasteiger partial charge on any atom is 0.264 e. The lowest BCUT2D eigenvalue weighted by atomic mass is 10.1. The van der Waals surface area contributed by atoms with Gasteiger partial charge in [-0.15, -0.1) is 0 Å². The lowest BCUT2D eigenvalue weighted by Gasteiger charge is -2.11. The summed E-state index contributed by atoms with van der Waals surface area (Å²) >= 11 is 5.19. The van der Waals surface area contributed by atoms with Crippen LogP contribution in [-0.2, 0) is 4.79 Å². The quantitative estimate of drug-likeness (QED) is 0.664. The van der Waals surface area contributed by atoms with Crippen LogP contribution in [0.1, 0.15) is 5.76 Å². The van der Waals surface area contributed by atoms with Crippen LogP contribution >= 0.6 is 12.2 Å². The number of thiocarbonyl (C=S) groups is 1. The number of ether oxygens (including phenoxy) is 1. The van der Waals surface area contributed by atoms with Gasteiger partial charge in [0.05, 0.1) is 0 Å². The fraction of sp³-hybridized carbons (Fsp3) is 0.100. The molecule has 132 valence electrons. The van der Waals surface area contributed by atoms with E-state index in [1.54, 1.807) is 12.1 Å². The summed E-state index contributed by atoms with van der Waals surface area (Å²) in [5, 5.41) is 5.79. The summed E-state index contributed by atoms with van der Waals surface area (Å²) in [6.45, 7) is 1.78. The van der Waals surface area contributed by atoms with Crippen LogP contribution in [0.15, 0.2) is 71.1 Å². The summed E-state index contributed by atoms with van der Waals surface area (Å²) in [7, 11) is 0. The number of benzene rings is 2. The Hall–Kier alpha value is -3.12. The van der Waals surface area contributed by atoms with Gasteiger partial charge in [0.15, 0.2) is 11.7 Å². The number of hydrogen-bond acceptors (Lipinski definition) is 4. The van der Waals surface area contributed by atoms with Gasteiger partial charge in [-0.3, -0.25) is 10.1 Å². The average molecular weight is 366 g/mol. The lowest BCUT2D eigenvalue weighted by Crippen LogP contribution is -2.37. The molecule has 26 heavy (non-hydrogen) atoms. The first-order chi connectivity index (χ1) is 12.6. The van der Waals surface area contributed by atoms with Crippen molar-refractivity contribution >= 4 is 28.9 Å². The van der Waals surface area contributed by atoms with E-state index in [0.29, 0.717) is 5.75 Å². The van der Waals surface area contributed by atoms with Crippen LogP contribution < -0.4 is 15.4 Å².